The van der Waals surface area contributed by atoms with Crippen molar-refractivity contribution in [2.24, 2.45) is 0 Å². The molecule has 1 heterocycles. The fourth-order valence-corrected chi connectivity index (χ4v) is 1.97. The molecule has 2 rings (SSSR count). The van der Waals surface area contributed by atoms with Crippen molar-refractivity contribution in [2.75, 3.05) is 30.4 Å². The van der Waals surface area contributed by atoms with Crippen LogP contribution in [0.3, 0.4) is 0 Å². The minimum Gasteiger partial charge on any atom is -0.373 e. The molecule has 0 bridgehead atoms. The van der Waals surface area contributed by atoms with E-state index >= 15 is 0 Å². The zero-order chi connectivity index (χ0) is 13.7. The van der Waals surface area contributed by atoms with Crippen molar-refractivity contribution in [2.45, 2.75) is 13.8 Å². The number of benzene rings is 1. The van der Waals surface area contributed by atoms with E-state index < -0.39 is 0 Å². The molecule has 0 aliphatic rings. The van der Waals surface area contributed by atoms with E-state index in [1.165, 1.54) is 0 Å². The number of nitrogens with one attached hydrogen (secondary N) is 1. The van der Waals surface area contributed by atoms with Gasteiger partial charge >= 0.3 is 0 Å². The second-order valence-electron chi connectivity index (χ2n) is 4.23. The Bertz CT molecular complexity index is 521. The SMILES string of the molecule is CCN(CC)c1nc(NC)cc(-c2ccccc2)n1. The Morgan fingerprint density at radius 2 is 1.74 bits per heavy atom. The highest BCUT2D eigenvalue weighted by Crippen LogP contribution is 2.22. The van der Waals surface area contributed by atoms with Crippen molar-refractivity contribution in [3.63, 3.8) is 0 Å². The van der Waals surface area contributed by atoms with Gasteiger partial charge in [0.1, 0.15) is 5.82 Å². The highest BCUT2D eigenvalue weighted by atomic mass is 15.3. The van der Waals surface area contributed by atoms with E-state index in [-0.39, 0.29) is 0 Å². The Morgan fingerprint density at radius 3 is 2.32 bits per heavy atom. The first-order chi connectivity index (χ1) is 9.28. The fourth-order valence-electron chi connectivity index (χ4n) is 1.97. The van der Waals surface area contributed by atoms with E-state index in [0.717, 1.165) is 36.1 Å². The molecule has 0 amide bonds. The van der Waals surface area contributed by atoms with Crippen molar-refractivity contribution in [1.29, 1.82) is 0 Å². The molecule has 0 spiro atoms. The molecule has 1 aromatic heterocycles. The highest BCUT2D eigenvalue weighted by Gasteiger charge is 2.10. The van der Waals surface area contributed by atoms with E-state index in [9.17, 15) is 0 Å². The largest absolute Gasteiger partial charge is 0.373 e. The van der Waals surface area contributed by atoms with E-state index in [4.69, 9.17) is 0 Å². The van der Waals surface area contributed by atoms with Crippen LogP contribution in [0.1, 0.15) is 13.8 Å². The van der Waals surface area contributed by atoms with Gasteiger partial charge in [0, 0.05) is 31.8 Å². The smallest absolute Gasteiger partial charge is 0.227 e. The summed E-state index contributed by atoms with van der Waals surface area (Å²) in [5.41, 5.74) is 2.05. The second-order valence-corrected chi connectivity index (χ2v) is 4.23. The third kappa shape index (κ3) is 3.02. The molecular formula is C15H20N4. The molecular weight excluding hydrogens is 236 g/mol. The summed E-state index contributed by atoms with van der Waals surface area (Å²) in [5, 5.41) is 3.10. The lowest BCUT2D eigenvalue weighted by Gasteiger charge is -2.20. The lowest BCUT2D eigenvalue weighted by atomic mass is 10.1. The average Bonchev–Trinajstić information content (AvgIpc) is 2.49. The average molecular weight is 256 g/mol. The zero-order valence-electron chi connectivity index (χ0n) is 11.7. The Hall–Kier alpha value is -2.10. The normalized spacial score (nSPS) is 10.3. The number of rotatable bonds is 5. The number of aromatic nitrogens is 2. The summed E-state index contributed by atoms with van der Waals surface area (Å²) < 4.78 is 0. The van der Waals surface area contributed by atoms with Crippen LogP contribution in [-0.4, -0.2) is 30.1 Å². The van der Waals surface area contributed by atoms with Gasteiger partial charge in [-0.15, -0.1) is 0 Å². The molecule has 4 nitrogen and oxygen atoms in total. The van der Waals surface area contributed by atoms with Gasteiger partial charge in [0.2, 0.25) is 5.95 Å². The molecule has 0 aliphatic heterocycles. The van der Waals surface area contributed by atoms with Crippen LogP contribution in [0.4, 0.5) is 11.8 Å². The first kappa shape index (κ1) is 13.3. The standard InChI is InChI=1S/C15H20N4/c1-4-19(5-2)15-17-13(11-14(16-3)18-15)12-9-7-6-8-10-12/h6-11H,4-5H2,1-3H3,(H,16,17,18). The van der Waals surface area contributed by atoms with Crippen molar-refractivity contribution in [3.05, 3.63) is 36.4 Å². The highest BCUT2D eigenvalue weighted by molar-refractivity contribution is 5.64. The molecule has 0 fully saturated rings. The molecule has 2 aromatic rings. The van der Waals surface area contributed by atoms with Crippen molar-refractivity contribution >= 4 is 11.8 Å². The van der Waals surface area contributed by atoms with Gasteiger partial charge in [-0.1, -0.05) is 30.3 Å². The van der Waals surface area contributed by atoms with Crippen LogP contribution in [-0.2, 0) is 0 Å². The maximum Gasteiger partial charge on any atom is 0.227 e. The minimum absolute atomic E-state index is 0.774. The maximum atomic E-state index is 4.67. The van der Waals surface area contributed by atoms with Crippen LogP contribution < -0.4 is 10.2 Å². The summed E-state index contributed by atoms with van der Waals surface area (Å²) >= 11 is 0. The van der Waals surface area contributed by atoms with Gasteiger partial charge in [0.15, 0.2) is 0 Å². The van der Waals surface area contributed by atoms with Crippen LogP contribution >= 0.6 is 0 Å². The first-order valence-corrected chi connectivity index (χ1v) is 6.65. The molecule has 0 saturated heterocycles. The fraction of sp³-hybridized carbons (Fsp3) is 0.333. The van der Waals surface area contributed by atoms with Gasteiger partial charge in [0.05, 0.1) is 5.69 Å². The molecule has 4 heteroatoms. The van der Waals surface area contributed by atoms with Crippen LogP contribution in [0.15, 0.2) is 36.4 Å². The molecule has 1 N–H and O–H groups in total. The Morgan fingerprint density at radius 1 is 1.05 bits per heavy atom. The number of nitrogens with zero attached hydrogens (tertiary/aromatic N) is 3. The summed E-state index contributed by atoms with van der Waals surface area (Å²) in [5.74, 6) is 1.62. The van der Waals surface area contributed by atoms with Crippen molar-refractivity contribution in [3.8, 4) is 11.3 Å². The molecule has 0 radical (unpaired) electrons. The quantitative estimate of drug-likeness (QED) is 0.892. The lowest BCUT2D eigenvalue weighted by molar-refractivity contribution is 0.823. The van der Waals surface area contributed by atoms with Gasteiger partial charge < -0.3 is 10.2 Å². The van der Waals surface area contributed by atoms with E-state index in [2.05, 4.69) is 46.2 Å². The number of anilines is 2. The lowest BCUT2D eigenvalue weighted by Crippen LogP contribution is -2.24. The van der Waals surface area contributed by atoms with Crippen LogP contribution in [0, 0.1) is 0 Å². The Balaban J connectivity index is 2.47. The van der Waals surface area contributed by atoms with Crippen LogP contribution in [0.2, 0.25) is 0 Å². The Kier molecular flexibility index (Phi) is 4.34. The van der Waals surface area contributed by atoms with Gasteiger partial charge in [-0.3, -0.25) is 0 Å². The monoisotopic (exact) mass is 256 g/mol. The number of hydrogen-bond acceptors (Lipinski definition) is 4. The first-order valence-electron chi connectivity index (χ1n) is 6.65. The predicted octanol–water partition coefficient (Wildman–Crippen LogP) is 3.03. The molecule has 0 atom stereocenters. The predicted molar refractivity (Wildman–Crippen MR) is 80.6 cm³/mol. The molecule has 1 aromatic carbocycles. The third-order valence-electron chi connectivity index (χ3n) is 3.09. The van der Waals surface area contributed by atoms with Gasteiger partial charge in [-0.2, -0.15) is 4.98 Å². The number of hydrogen-bond donors (Lipinski definition) is 1. The van der Waals surface area contributed by atoms with Crippen molar-refractivity contribution < 1.29 is 0 Å². The maximum absolute atomic E-state index is 4.67. The summed E-state index contributed by atoms with van der Waals surface area (Å²) in [7, 11) is 1.88. The Labute approximate surface area is 114 Å². The second kappa shape index (κ2) is 6.18. The van der Waals surface area contributed by atoms with Crippen molar-refractivity contribution in [1.82, 2.24) is 9.97 Å². The van der Waals surface area contributed by atoms with Gasteiger partial charge in [-0.05, 0) is 13.8 Å². The van der Waals surface area contributed by atoms with E-state index in [1.54, 1.807) is 0 Å². The van der Waals surface area contributed by atoms with Crippen LogP contribution in [0.5, 0.6) is 0 Å². The van der Waals surface area contributed by atoms with Gasteiger partial charge in [-0.25, -0.2) is 4.98 Å². The molecule has 0 unspecified atom stereocenters. The summed E-state index contributed by atoms with van der Waals surface area (Å²) in [6.07, 6.45) is 0. The summed E-state index contributed by atoms with van der Waals surface area (Å²) in [6.45, 7) is 6.03. The van der Waals surface area contributed by atoms with Gasteiger partial charge in [0.25, 0.3) is 0 Å². The summed E-state index contributed by atoms with van der Waals surface area (Å²) in [6, 6.07) is 12.2. The third-order valence-corrected chi connectivity index (χ3v) is 3.09. The molecule has 100 valence electrons. The topological polar surface area (TPSA) is 41.1 Å². The van der Waals surface area contributed by atoms with E-state index in [1.807, 2.05) is 31.3 Å². The van der Waals surface area contributed by atoms with E-state index in [0.29, 0.717) is 0 Å². The summed E-state index contributed by atoms with van der Waals surface area (Å²) in [4.78, 5) is 11.3. The molecule has 0 saturated carbocycles. The zero-order valence-corrected chi connectivity index (χ0v) is 11.7. The minimum atomic E-state index is 0.774. The molecule has 0 aliphatic carbocycles. The van der Waals surface area contributed by atoms with Crippen LogP contribution in [0.25, 0.3) is 11.3 Å². The molecule has 19 heavy (non-hydrogen) atoms.